The minimum atomic E-state index is 0.794. The Morgan fingerprint density at radius 2 is 1.80 bits per heavy atom. The van der Waals surface area contributed by atoms with Crippen LogP contribution in [0.5, 0.6) is 0 Å². The van der Waals surface area contributed by atoms with Gasteiger partial charge in [-0.25, -0.2) is 0 Å². The molecule has 0 radical (unpaired) electrons. The van der Waals surface area contributed by atoms with Crippen molar-refractivity contribution in [2.75, 3.05) is 0 Å². The fourth-order valence-corrected chi connectivity index (χ4v) is 1.85. The van der Waals surface area contributed by atoms with Crippen LogP contribution in [0.4, 0.5) is 0 Å². The first-order valence-electron chi connectivity index (χ1n) is 6.69. The van der Waals surface area contributed by atoms with Gasteiger partial charge in [0.25, 0.3) is 0 Å². The van der Waals surface area contributed by atoms with Crippen LogP contribution in [0.25, 0.3) is 11.1 Å². The van der Waals surface area contributed by atoms with Gasteiger partial charge >= 0.3 is 0 Å². The van der Waals surface area contributed by atoms with Crippen molar-refractivity contribution in [2.24, 2.45) is 4.99 Å². The van der Waals surface area contributed by atoms with Crippen molar-refractivity contribution in [1.82, 2.24) is 0 Å². The maximum Gasteiger partial charge on any atom is 0.0345 e. The molecule has 1 heteroatoms. The maximum absolute atomic E-state index is 4.28. The number of hydrogen-bond acceptors (Lipinski definition) is 1. The predicted molar refractivity (Wildman–Crippen MR) is 92.0 cm³/mol. The molecule has 1 aromatic carbocycles. The largest absolute Gasteiger partial charge is 0.262 e. The van der Waals surface area contributed by atoms with Gasteiger partial charge in [0, 0.05) is 11.9 Å². The topological polar surface area (TPSA) is 12.4 Å². The molecule has 0 aliphatic heterocycles. The Hall–Kier alpha value is -2.15. The average molecular weight is 265 g/mol. The summed E-state index contributed by atoms with van der Waals surface area (Å²) in [6, 6.07) is 6.35. The van der Waals surface area contributed by atoms with E-state index < -0.39 is 0 Å². The molecule has 0 heterocycles. The van der Waals surface area contributed by atoms with Gasteiger partial charge in [-0.1, -0.05) is 43.5 Å². The summed E-state index contributed by atoms with van der Waals surface area (Å²) in [6.07, 6.45) is 3.89. The minimum Gasteiger partial charge on any atom is -0.262 e. The van der Waals surface area contributed by atoms with Crippen molar-refractivity contribution in [2.45, 2.75) is 27.7 Å². The fourth-order valence-electron chi connectivity index (χ4n) is 1.85. The average Bonchev–Trinajstić information content (AvgIpc) is 2.39. The summed E-state index contributed by atoms with van der Waals surface area (Å²) < 4.78 is 0. The lowest BCUT2D eigenvalue weighted by atomic mass is 9.93. The molecule has 1 rings (SSSR count). The highest BCUT2D eigenvalue weighted by atomic mass is 14.7. The van der Waals surface area contributed by atoms with Gasteiger partial charge in [0.15, 0.2) is 0 Å². The quantitative estimate of drug-likeness (QED) is 0.486. The third-order valence-electron chi connectivity index (χ3n) is 3.15. The van der Waals surface area contributed by atoms with E-state index in [1.807, 2.05) is 33.1 Å². The van der Waals surface area contributed by atoms with Gasteiger partial charge in [-0.3, -0.25) is 4.99 Å². The first-order valence-corrected chi connectivity index (χ1v) is 6.69. The molecule has 1 aromatic rings. The molecule has 0 N–H and O–H groups in total. The highest BCUT2D eigenvalue weighted by Crippen LogP contribution is 2.26. The summed E-state index contributed by atoms with van der Waals surface area (Å²) in [4.78, 5) is 4.28. The van der Waals surface area contributed by atoms with Crippen LogP contribution in [-0.2, 0) is 0 Å². The zero-order valence-corrected chi connectivity index (χ0v) is 13.0. The normalized spacial score (nSPS) is 11.7. The molecule has 20 heavy (non-hydrogen) atoms. The number of aliphatic imine (C=N–C) groups is 1. The lowest BCUT2D eigenvalue weighted by Gasteiger charge is -2.12. The van der Waals surface area contributed by atoms with Crippen LogP contribution in [0.3, 0.4) is 0 Å². The van der Waals surface area contributed by atoms with E-state index in [0.717, 1.165) is 33.5 Å². The van der Waals surface area contributed by atoms with Crippen LogP contribution in [-0.4, -0.2) is 6.21 Å². The molecule has 0 saturated heterocycles. The van der Waals surface area contributed by atoms with Crippen molar-refractivity contribution in [3.8, 4) is 0 Å². The number of allylic oxidation sites excluding steroid dienone is 5. The van der Waals surface area contributed by atoms with E-state index in [2.05, 4.69) is 49.9 Å². The molecule has 0 saturated carbocycles. The Morgan fingerprint density at radius 1 is 1.15 bits per heavy atom. The molecule has 1 nitrogen and oxygen atoms in total. The van der Waals surface area contributed by atoms with Crippen molar-refractivity contribution in [3.63, 3.8) is 0 Å². The van der Waals surface area contributed by atoms with E-state index in [9.17, 15) is 0 Å². The Labute approximate surface area is 122 Å². The van der Waals surface area contributed by atoms with Crippen LogP contribution in [0.1, 0.15) is 37.5 Å². The zero-order chi connectivity index (χ0) is 15.3. The van der Waals surface area contributed by atoms with E-state index in [1.165, 1.54) is 5.56 Å². The zero-order valence-electron chi connectivity index (χ0n) is 13.0. The van der Waals surface area contributed by atoms with Crippen molar-refractivity contribution in [3.05, 3.63) is 72.0 Å². The van der Waals surface area contributed by atoms with Crippen molar-refractivity contribution in [1.29, 1.82) is 0 Å². The second-order valence-corrected chi connectivity index (χ2v) is 5.03. The Kier molecular flexibility index (Phi) is 5.45. The molecule has 0 atom stereocenters. The monoisotopic (exact) mass is 265 g/mol. The Bertz CT molecular complexity index is 613. The summed E-state index contributed by atoms with van der Waals surface area (Å²) in [6.45, 7) is 19.8. The standard InChI is InChI=1S/C19H23N/c1-8-17(12-20-14(4)5)18-10-9-15(6)19(11-18)16(7)13(2)3/h8-12H,2,4,7H2,1,3,5-6H3/b17-8+,20-12?. The van der Waals surface area contributed by atoms with Crippen LogP contribution in [0.15, 0.2) is 60.3 Å². The van der Waals surface area contributed by atoms with Crippen molar-refractivity contribution >= 4 is 17.4 Å². The van der Waals surface area contributed by atoms with E-state index >= 15 is 0 Å². The van der Waals surface area contributed by atoms with Gasteiger partial charge in [-0.2, -0.15) is 0 Å². The molecule has 0 aromatic heterocycles. The number of aryl methyl sites for hydroxylation is 1. The van der Waals surface area contributed by atoms with Crippen LogP contribution < -0.4 is 0 Å². The molecule has 0 spiro atoms. The van der Waals surface area contributed by atoms with Gasteiger partial charge in [0.05, 0.1) is 0 Å². The first-order chi connectivity index (χ1) is 9.36. The van der Waals surface area contributed by atoms with Gasteiger partial charge in [-0.15, -0.1) is 0 Å². The predicted octanol–water partition coefficient (Wildman–Crippen LogP) is 5.59. The molecular weight excluding hydrogens is 242 g/mol. The number of nitrogens with zero attached hydrogens (tertiary/aromatic N) is 1. The number of rotatable bonds is 5. The summed E-state index contributed by atoms with van der Waals surface area (Å²) >= 11 is 0. The summed E-state index contributed by atoms with van der Waals surface area (Å²) in [5, 5.41) is 0. The molecule has 0 fully saturated rings. The molecule has 0 aliphatic rings. The van der Waals surface area contributed by atoms with Gasteiger partial charge in [-0.05, 0) is 61.6 Å². The summed E-state index contributed by atoms with van der Waals surface area (Å²) in [5.41, 5.74) is 7.30. The third kappa shape index (κ3) is 3.92. The van der Waals surface area contributed by atoms with E-state index in [4.69, 9.17) is 0 Å². The highest BCUT2D eigenvalue weighted by Gasteiger charge is 2.07. The highest BCUT2D eigenvalue weighted by molar-refractivity contribution is 6.10. The van der Waals surface area contributed by atoms with Gasteiger partial charge in [0.1, 0.15) is 0 Å². The molecular formula is C19H23N. The van der Waals surface area contributed by atoms with Gasteiger partial charge < -0.3 is 0 Å². The number of benzene rings is 1. The van der Waals surface area contributed by atoms with Gasteiger partial charge in [0.2, 0.25) is 0 Å². The Balaban J connectivity index is 3.27. The second-order valence-electron chi connectivity index (χ2n) is 5.03. The third-order valence-corrected chi connectivity index (χ3v) is 3.15. The Morgan fingerprint density at radius 3 is 2.30 bits per heavy atom. The van der Waals surface area contributed by atoms with Crippen LogP contribution >= 0.6 is 0 Å². The molecule has 104 valence electrons. The first kappa shape index (κ1) is 15.9. The lowest BCUT2D eigenvalue weighted by molar-refractivity contribution is 1.34. The van der Waals surface area contributed by atoms with E-state index in [-0.39, 0.29) is 0 Å². The number of hydrogen-bond donors (Lipinski definition) is 0. The molecule has 0 amide bonds. The minimum absolute atomic E-state index is 0.794. The van der Waals surface area contributed by atoms with Crippen LogP contribution in [0, 0.1) is 6.92 Å². The van der Waals surface area contributed by atoms with Crippen LogP contribution in [0.2, 0.25) is 0 Å². The maximum atomic E-state index is 4.28. The van der Waals surface area contributed by atoms with Crippen molar-refractivity contribution < 1.29 is 0 Å². The summed E-state index contributed by atoms with van der Waals surface area (Å²) in [7, 11) is 0. The van der Waals surface area contributed by atoms with E-state index in [0.29, 0.717) is 0 Å². The lowest BCUT2D eigenvalue weighted by Crippen LogP contribution is -1.93. The molecule has 0 bridgehead atoms. The smallest absolute Gasteiger partial charge is 0.0345 e. The summed E-state index contributed by atoms with van der Waals surface area (Å²) in [5.74, 6) is 0. The van der Waals surface area contributed by atoms with E-state index in [1.54, 1.807) is 0 Å². The fraction of sp³-hybridized carbons (Fsp3) is 0.211. The second kappa shape index (κ2) is 6.85. The SMILES string of the molecule is C=C(C)N=C/C(=C\C)c1ccc(C)c(C(=C)C(=C)C)c1. The molecule has 0 aliphatic carbocycles. The molecule has 0 unspecified atom stereocenters.